The molecule has 0 fully saturated rings. The quantitative estimate of drug-likeness (QED) is 0.233. The predicted octanol–water partition coefficient (Wildman–Crippen LogP) is 5.15. The zero-order valence-corrected chi connectivity index (χ0v) is 23.6. The normalized spacial score (nSPS) is 11.9. The van der Waals surface area contributed by atoms with E-state index in [1.165, 1.54) is 0 Å². The lowest BCUT2D eigenvalue weighted by molar-refractivity contribution is -0.132. The Morgan fingerprint density at radius 3 is 2.42 bits per heavy atom. The molecule has 1 aromatic heterocycles. The molecule has 8 nitrogen and oxygen atoms in total. The molecule has 1 heterocycles. The van der Waals surface area contributed by atoms with Crippen LogP contribution >= 0.6 is 12.6 Å². The first kappa shape index (κ1) is 29.4. The maximum Gasteiger partial charge on any atom is 0.223 e. The number of benzene rings is 2. The fourth-order valence-corrected chi connectivity index (χ4v) is 4.64. The number of nitrogens with zero attached hydrogens (tertiary/aromatic N) is 4. The number of aromatic amines is 1. The van der Waals surface area contributed by atoms with Crippen LogP contribution in [0.25, 0.3) is 22.5 Å². The maximum absolute atomic E-state index is 13.0. The fourth-order valence-electron chi connectivity index (χ4n) is 4.29. The number of unbranched alkanes of at least 4 members (excludes halogenated alkanes) is 1. The van der Waals surface area contributed by atoms with Gasteiger partial charge in [-0.05, 0) is 40.7 Å². The second-order valence-corrected chi connectivity index (χ2v) is 10.4. The minimum Gasteiger partial charge on any atom is -0.354 e. The van der Waals surface area contributed by atoms with Crippen LogP contribution in [-0.4, -0.2) is 56.2 Å². The third kappa shape index (κ3) is 8.68. The van der Waals surface area contributed by atoms with E-state index in [9.17, 15) is 9.59 Å². The van der Waals surface area contributed by atoms with E-state index >= 15 is 0 Å². The Balaban J connectivity index is 1.66. The van der Waals surface area contributed by atoms with Crippen LogP contribution in [0, 0.1) is 11.8 Å². The molecule has 1 atom stereocenters. The summed E-state index contributed by atoms with van der Waals surface area (Å²) < 4.78 is 0. The first-order valence-corrected chi connectivity index (χ1v) is 14.1. The van der Waals surface area contributed by atoms with Crippen LogP contribution in [0.4, 0.5) is 0 Å². The Labute approximate surface area is 231 Å². The van der Waals surface area contributed by atoms with E-state index in [-0.39, 0.29) is 17.7 Å². The molecule has 2 N–H and O–H groups in total. The molecule has 0 aliphatic heterocycles. The number of H-pyrrole nitrogens is 1. The molecule has 0 aliphatic carbocycles. The molecule has 2 aromatic carbocycles. The number of thiol groups is 1. The van der Waals surface area contributed by atoms with Crippen molar-refractivity contribution in [1.29, 1.82) is 0 Å². The summed E-state index contributed by atoms with van der Waals surface area (Å²) in [7, 11) is 0. The smallest absolute Gasteiger partial charge is 0.223 e. The number of carbonyl (C=O) groups excluding carboxylic acids is 2. The number of hydrogen-bond donors (Lipinski definition) is 3. The largest absolute Gasteiger partial charge is 0.354 e. The summed E-state index contributed by atoms with van der Waals surface area (Å²) >= 11 is 4.38. The lowest BCUT2D eigenvalue weighted by atomic mass is 9.98. The van der Waals surface area contributed by atoms with Gasteiger partial charge in [0.15, 0.2) is 0 Å². The molecule has 204 valence electrons. The third-order valence-corrected chi connectivity index (χ3v) is 7.05. The van der Waals surface area contributed by atoms with Crippen molar-refractivity contribution in [3.63, 3.8) is 0 Å². The van der Waals surface area contributed by atoms with Gasteiger partial charge in [0.2, 0.25) is 17.6 Å². The summed E-state index contributed by atoms with van der Waals surface area (Å²) in [5, 5.41) is 17.5. The van der Waals surface area contributed by atoms with E-state index in [1.807, 2.05) is 41.3 Å². The molecule has 3 rings (SSSR count). The van der Waals surface area contributed by atoms with Gasteiger partial charge >= 0.3 is 0 Å². The van der Waals surface area contributed by atoms with Crippen molar-refractivity contribution in [2.24, 2.45) is 11.8 Å². The highest BCUT2D eigenvalue weighted by atomic mass is 32.1. The van der Waals surface area contributed by atoms with Gasteiger partial charge in [0, 0.05) is 43.3 Å². The van der Waals surface area contributed by atoms with Crippen LogP contribution in [0.2, 0.25) is 0 Å². The molecule has 0 aliphatic rings. The fraction of sp³-hybridized carbons (Fsp3) is 0.483. The second kappa shape index (κ2) is 15.3. The van der Waals surface area contributed by atoms with Crippen LogP contribution in [-0.2, 0) is 16.1 Å². The van der Waals surface area contributed by atoms with Crippen molar-refractivity contribution in [2.75, 3.05) is 18.8 Å². The average molecular weight is 537 g/mol. The Morgan fingerprint density at radius 1 is 1.05 bits per heavy atom. The molecule has 3 aromatic rings. The molecule has 0 saturated carbocycles. The molecular formula is C29H40N6O2S. The Kier molecular flexibility index (Phi) is 11.8. The number of amides is 2. The topological polar surface area (TPSA) is 104 Å². The molecule has 2 amide bonds. The van der Waals surface area contributed by atoms with E-state index in [0.717, 1.165) is 47.9 Å². The summed E-state index contributed by atoms with van der Waals surface area (Å²) in [6.45, 7) is 7.80. The summed E-state index contributed by atoms with van der Waals surface area (Å²) in [5.74, 6) is 1.65. The van der Waals surface area contributed by atoms with Gasteiger partial charge in [-0.3, -0.25) is 9.59 Å². The number of tetrazole rings is 1. The van der Waals surface area contributed by atoms with E-state index in [0.29, 0.717) is 43.6 Å². The second-order valence-electron chi connectivity index (χ2n) is 10.0. The van der Waals surface area contributed by atoms with Gasteiger partial charge in [0.25, 0.3) is 0 Å². The molecule has 0 bridgehead atoms. The first-order valence-electron chi connectivity index (χ1n) is 13.5. The van der Waals surface area contributed by atoms with Crippen molar-refractivity contribution >= 4 is 24.4 Å². The lowest BCUT2D eigenvalue weighted by Crippen LogP contribution is -2.40. The summed E-state index contributed by atoms with van der Waals surface area (Å²) in [4.78, 5) is 27.5. The van der Waals surface area contributed by atoms with E-state index in [2.05, 4.69) is 71.5 Å². The third-order valence-electron chi connectivity index (χ3n) is 6.61. The number of hydrogen-bond acceptors (Lipinski definition) is 6. The molecule has 1 unspecified atom stereocenters. The molecule has 0 spiro atoms. The monoisotopic (exact) mass is 536 g/mol. The number of nitrogens with one attached hydrogen (secondary N) is 2. The zero-order chi connectivity index (χ0) is 27.3. The van der Waals surface area contributed by atoms with E-state index < -0.39 is 0 Å². The van der Waals surface area contributed by atoms with Crippen LogP contribution in [0.15, 0.2) is 48.5 Å². The zero-order valence-electron chi connectivity index (χ0n) is 22.7. The van der Waals surface area contributed by atoms with Crippen LogP contribution in [0.1, 0.15) is 58.4 Å². The predicted molar refractivity (Wildman–Crippen MR) is 154 cm³/mol. The minimum absolute atomic E-state index is 0.0197. The number of aromatic nitrogens is 4. The minimum atomic E-state index is -0.104. The van der Waals surface area contributed by atoms with Gasteiger partial charge < -0.3 is 10.2 Å². The summed E-state index contributed by atoms with van der Waals surface area (Å²) in [6, 6.07) is 16.1. The van der Waals surface area contributed by atoms with E-state index in [1.54, 1.807) is 0 Å². The van der Waals surface area contributed by atoms with Gasteiger partial charge in [-0.1, -0.05) is 82.1 Å². The number of rotatable bonds is 15. The highest BCUT2D eigenvalue weighted by molar-refractivity contribution is 7.80. The van der Waals surface area contributed by atoms with Gasteiger partial charge in [-0.25, -0.2) is 0 Å². The molecule has 38 heavy (non-hydrogen) atoms. The Hall–Kier alpha value is -3.20. The van der Waals surface area contributed by atoms with Gasteiger partial charge in [0.05, 0.1) is 0 Å². The molecular weight excluding hydrogens is 496 g/mol. The molecule has 9 heteroatoms. The van der Waals surface area contributed by atoms with Gasteiger partial charge in [-0.15, -0.1) is 10.2 Å². The highest BCUT2D eigenvalue weighted by Gasteiger charge is 2.19. The van der Waals surface area contributed by atoms with Gasteiger partial charge in [-0.2, -0.15) is 17.8 Å². The van der Waals surface area contributed by atoms with Gasteiger partial charge in [0.1, 0.15) is 0 Å². The Morgan fingerprint density at radius 2 is 1.79 bits per heavy atom. The average Bonchev–Trinajstić information content (AvgIpc) is 3.47. The van der Waals surface area contributed by atoms with Crippen LogP contribution < -0.4 is 5.32 Å². The lowest BCUT2D eigenvalue weighted by Gasteiger charge is -2.24. The highest BCUT2D eigenvalue weighted by Crippen LogP contribution is 2.30. The van der Waals surface area contributed by atoms with Crippen molar-refractivity contribution in [3.05, 3.63) is 54.1 Å². The summed E-state index contributed by atoms with van der Waals surface area (Å²) in [6.07, 6.45) is 4.15. The molecule has 0 radical (unpaired) electrons. The van der Waals surface area contributed by atoms with Crippen molar-refractivity contribution in [2.45, 2.75) is 59.4 Å². The van der Waals surface area contributed by atoms with Crippen LogP contribution in [0.3, 0.4) is 0 Å². The first-order chi connectivity index (χ1) is 18.4. The maximum atomic E-state index is 13.0. The Bertz CT molecular complexity index is 1130. The van der Waals surface area contributed by atoms with Crippen molar-refractivity contribution < 1.29 is 9.59 Å². The molecule has 0 saturated heterocycles. The van der Waals surface area contributed by atoms with Crippen LogP contribution in [0.5, 0.6) is 0 Å². The van der Waals surface area contributed by atoms with E-state index in [4.69, 9.17) is 0 Å². The number of carbonyl (C=O) groups is 2. The van der Waals surface area contributed by atoms with Crippen molar-refractivity contribution in [3.8, 4) is 22.5 Å². The van der Waals surface area contributed by atoms with Crippen molar-refractivity contribution in [1.82, 2.24) is 30.8 Å². The SMILES string of the molecule is CCCCC(=O)N(CCNC(=O)C(CS)CCC(C)C)Cc1ccc(-c2ccccc2-c2nn[nH]n2)cc1. The standard InChI is InChI=1S/C29H40N6O2S/c1-4-5-10-27(36)35(18-17-30-29(37)24(20-38)14-11-21(2)3)19-22-12-15-23(16-13-22)25-8-6-7-9-26(25)28-31-33-34-32-28/h6-9,12-13,15-16,21,24,38H,4-5,10-11,14,17-20H2,1-3H3,(H,30,37)(H,31,32,33,34). The summed E-state index contributed by atoms with van der Waals surface area (Å²) in [5.41, 5.74) is 3.97.